The first-order valence-electron chi connectivity index (χ1n) is 8.71. The van der Waals surface area contributed by atoms with Crippen LogP contribution in [0.25, 0.3) is 0 Å². The third kappa shape index (κ3) is 5.41. The number of carbonyl (C=O) groups is 2. The molecule has 0 spiro atoms. The molecule has 3 aromatic rings. The van der Waals surface area contributed by atoms with Gasteiger partial charge in [0.15, 0.2) is 0 Å². The highest BCUT2D eigenvalue weighted by atomic mass is 35.5. The molecule has 0 saturated heterocycles. The molecule has 0 heterocycles. The summed E-state index contributed by atoms with van der Waals surface area (Å²) in [5.74, 6) is -0.881. The van der Waals surface area contributed by atoms with Crippen molar-refractivity contribution in [3.63, 3.8) is 0 Å². The van der Waals surface area contributed by atoms with E-state index in [1.165, 1.54) is 12.1 Å². The monoisotopic (exact) mass is 396 g/mol. The fraction of sp³-hybridized carbons (Fsp3) is 0.0909. The smallest absolute Gasteiger partial charge is 0.255 e. The Morgan fingerprint density at radius 2 is 1.50 bits per heavy atom. The van der Waals surface area contributed by atoms with Crippen molar-refractivity contribution in [3.05, 3.63) is 100 Å². The summed E-state index contributed by atoms with van der Waals surface area (Å²) < 4.78 is 12.9. The van der Waals surface area contributed by atoms with E-state index in [-0.39, 0.29) is 17.6 Å². The second-order valence-electron chi connectivity index (χ2n) is 6.17. The maximum absolute atomic E-state index is 12.9. The Labute approximate surface area is 167 Å². The van der Waals surface area contributed by atoms with Crippen molar-refractivity contribution in [1.29, 1.82) is 0 Å². The molecule has 0 aliphatic rings. The summed E-state index contributed by atoms with van der Waals surface area (Å²) in [5, 5.41) is 6.15. The van der Waals surface area contributed by atoms with Crippen molar-refractivity contribution >= 4 is 29.1 Å². The molecule has 142 valence electrons. The average molecular weight is 397 g/mol. The van der Waals surface area contributed by atoms with E-state index >= 15 is 0 Å². The topological polar surface area (TPSA) is 58.2 Å². The average Bonchev–Trinajstić information content (AvgIpc) is 2.71. The summed E-state index contributed by atoms with van der Waals surface area (Å²) in [7, 11) is 0. The molecular weight excluding hydrogens is 379 g/mol. The summed E-state index contributed by atoms with van der Waals surface area (Å²) in [6.07, 6.45) is 0.586. The molecule has 0 aromatic heterocycles. The molecular formula is C22H18ClFN2O2. The molecule has 0 unspecified atom stereocenters. The van der Waals surface area contributed by atoms with Crippen LogP contribution in [0, 0.1) is 5.82 Å². The van der Waals surface area contributed by atoms with Gasteiger partial charge < -0.3 is 10.6 Å². The fourth-order valence-electron chi connectivity index (χ4n) is 2.61. The van der Waals surface area contributed by atoms with Crippen LogP contribution in [0.3, 0.4) is 0 Å². The number of amides is 2. The van der Waals surface area contributed by atoms with Crippen LogP contribution in [0.5, 0.6) is 0 Å². The van der Waals surface area contributed by atoms with E-state index in [1.807, 2.05) is 0 Å². The molecule has 0 atom stereocenters. The van der Waals surface area contributed by atoms with Crippen LogP contribution in [-0.2, 0) is 6.42 Å². The number of rotatable bonds is 6. The van der Waals surface area contributed by atoms with Gasteiger partial charge in [-0.3, -0.25) is 9.59 Å². The zero-order valence-electron chi connectivity index (χ0n) is 14.9. The standard InChI is InChI=1S/C22H18ClFN2O2/c23-18-6-10-20(11-7-18)26-22(28)17-3-1-2-16(14-17)21(27)25-13-12-15-4-8-19(24)9-5-15/h1-11,14H,12-13H2,(H,25,27)(H,26,28). The van der Waals surface area contributed by atoms with Gasteiger partial charge >= 0.3 is 0 Å². The number of anilines is 1. The van der Waals surface area contributed by atoms with Crippen molar-refractivity contribution in [2.24, 2.45) is 0 Å². The molecule has 0 bridgehead atoms. The number of benzene rings is 3. The van der Waals surface area contributed by atoms with Gasteiger partial charge in [-0.2, -0.15) is 0 Å². The Balaban J connectivity index is 1.58. The van der Waals surface area contributed by atoms with Gasteiger partial charge in [0, 0.05) is 28.4 Å². The molecule has 4 nitrogen and oxygen atoms in total. The zero-order valence-corrected chi connectivity index (χ0v) is 15.7. The summed E-state index contributed by atoms with van der Waals surface area (Å²) >= 11 is 5.83. The predicted molar refractivity (Wildman–Crippen MR) is 108 cm³/mol. The first kappa shape index (κ1) is 19.6. The highest BCUT2D eigenvalue weighted by Crippen LogP contribution is 2.15. The summed E-state index contributed by atoms with van der Waals surface area (Å²) in [6.45, 7) is 0.408. The number of hydrogen-bond acceptors (Lipinski definition) is 2. The third-order valence-corrected chi connectivity index (χ3v) is 4.35. The van der Waals surface area contributed by atoms with Gasteiger partial charge in [0.25, 0.3) is 11.8 Å². The van der Waals surface area contributed by atoms with Crippen LogP contribution < -0.4 is 10.6 Å². The van der Waals surface area contributed by atoms with Crippen molar-refractivity contribution < 1.29 is 14.0 Å². The zero-order chi connectivity index (χ0) is 19.9. The molecule has 0 aliphatic carbocycles. The van der Waals surface area contributed by atoms with E-state index in [9.17, 15) is 14.0 Å². The molecule has 2 N–H and O–H groups in total. The van der Waals surface area contributed by atoms with E-state index in [1.54, 1.807) is 60.7 Å². The highest BCUT2D eigenvalue weighted by molar-refractivity contribution is 6.30. The normalized spacial score (nSPS) is 10.4. The SMILES string of the molecule is O=C(NCCc1ccc(F)cc1)c1cccc(C(=O)Nc2ccc(Cl)cc2)c1. The molecule has 3 rings (SSSR count). The predicted octanol–water partition coefficient (Wildman–Crippen LogP) is 4.70. The Bertz CT molecular complexity index is 973. The summed E-state index contributed by atoms with van der Waals surface area (Å²) in [4.78, 5) is 24.7. The van der Waals surface area contributed by atoms with Crippen LogP contribution in [0.2, 0.25) is 5.02 Å². The van der Waals surface area contributed by atoms with E-state index in [2.05, 4.69) is 10.6 Å². The van der Waals surface area contributed by atoms with Gasteiger partial charge in [0.2, 0.25) is 0 Å². The minimum atomic E-state index is -0.316. The molecule has 3 aromatic carbocycles. The summed E-state index contributed by atoms with van der Waals surface area (Å²) in [6, 6.07) is 19.4. The van der Waals surface area contributed by atoms with Gasteiger partial charge in [-0.1, -0.05) is 29.8 Å². The number of carbonyl (C=O) groups excluding carboxylic acids is 2. The van der Waals surface area contributed by atoms with Crippen LogP contribution >= 0.6 is 11.6 Å². The molecule has 6 heteroatoms. The van der Waals surface area contributed by atoms with Gasteiger partial charge in [-0.15, -0.1) is 0 Å². The summed E-state index contributed by atoms with van der Waals surface area (Å²) in [5.41, 5.74) is 2.31. The van der Waals surface area contributed by atoms with Crippen LogP contribution in [0.15, 0.2) is 72.8 Å². The second-order valence-corrected chi connectivity index (χ2v) is 6.61. The van der Waals surface area contributed by atoms with Crippen molar-refractivity contribution in [2.45, 2.75) is 6.42 Å². The largest absolute Gasteiger partial charge is 0.352 e. The Kier molecular flexibility index (Phi) is 6.40. The first-order chi connectivity index (χ1) is 13.5. The Morgan fingerprint density at radius 3 is 2.18 bits per heavy atom. The van der Waals surface area contributed by atoms with Crippen molar-refractivity contribution in [3.8, 4) is 0 Å². The van der Waals surface area contributed by atoms with Gasteiger partial charge in [-0.25, -0.2) is 4.39 Å². The van der Waals surface area contributed by atoms with Crippen molar-refractivity contribution in [1.82, 2.24) is 5.32 Å². The van der Waals surface area contributed by atoms with Gasteiger partial charge in [0.1, 0.15) is 5.82 Å². The van der Waals surface area contributed by atoms with E-state index in [4.69, 9.17) is 11.6 Å². The lowest BCUT2D eigenvalue weighted by molar-refractivity contribution is 0.0954. The minimum Gasteiger partial charge on any atom is -0.352 e. The number of halogens is 2. The maximum Gasteiger partial charge on any atom is 0.255 e. The second kappa shape index (κ2) is 9.15. The van der Waals surface area contributed by atoms with Gasteiger partial charge in [0.05, 0.1) is 0 Å². The lowest BCUT2D eigenvalue weighted by Gasteiger charge is -2.08. The molecule has 0 aliphatic heterocycles. The molecule has 28 heavy (non-hydrogen) atoms. The number of hydrogen-bond donors (Lipinski definition) is 2. The molecule has 0 radical (unpaired) electrons. The van der Waals surface area contributed by atoms with Crippen molar-refractivity contribution in [2.75, 3.05) is 11.9 Å². The quantitative estimate of drug-likeness (QED) is 0.634. The molecule has 2 amide bonds. The van der Waals surface area contributed by atoms with E-state index in [0.29, 0.717) is 34.8 Å². The van der Waals surface area contributed by atoms with Crippen LogP contribution in [-0.4, -0.2) is 18.4 Å². The first-order valence-corrected chi connectivity index (χ1v) is 9.09. The maximum atomic E-state index is 12.9. The van der Waals surface area contributed by atoms with Gasteiger partial charge in [-0.05, 0) is 66.6 Å². The Morgan fingerprint density at radius 1 is 0.857 bits per heavy atom. The minimum absolute atomic E-state index is 0.275. The fourth-order valence-corrected chi connectivity index (χ4v) is 2.74. The lowest BCUT2D eigenvalue weighted by atomic mass is 10.1. The molecule has 0 fully saturated rings. The number of nitrogens with one attached hydrogen (secondary N) is 2. The Hall–Kier alpha value is -3.18. The lowest BCUT2D eigenvalue weighted by Crippen LogP contribution is -2.26. The molecule has 0 saturated carbocycles. The highest BCUT2D eigenvalue weighted by Gasteiger charge is 2.11. The van der Waals surface area contributed by atoms with E-state index in [0.717, 1.165) is 5.56 Å². The van der Waals surface area contributed by atoms with Crippen LogP contribution in [0.1, 0.15) is 26.3 Å². The van der Waals surface area contributed by atoms with E-state index < -0.39 is 0 Å². The third-order valence-electron chi connectivity index (χ3n) is 4.10. The van der Waals surface area contributed by atoms with Crippen LogP contribution in [0.4, 0.5) is 10.1 Å².